The quantitative estimate of drug-likeness (QED) is 0.201. The molecular weight excluding hydrogens is 439 g/mol. The molecule has 13 heteroatoms. The van der Waals surface area contributed by atoms with Crippen molar-refractivity contribution in [2.75, 3.05) is 38.7 Å². The van der Waals surface area contributed by atoms with Crippen LogP contribution in [-0.4, -0.2) is 70.4 Å². The van der Waals surface area contributed by atoms with E-state index in [1.165, 1.54) is 0 Å². The minimum Gasteiger partial charge on any atom is -0.370 e. The van der Waals surface area contributed by atoms with Crippen LogP contribution in [0, 0.1) is 10.8 Å². The molecule has 0 radical (unpaired) electrons. The smallest absolute Gasteiger partial charge is 0.188 e. The molecule has 1 aromatic heterocycles. The van der Waals surface area contributed by atoms with Crippen LogP contribution in [-0.2, 0) is 11.5 Å². The van der Waals surface area contributed by atoms with Crippen molar-refractivity contribution >= 4 is 72.7 Å². The lowest BCUT2D eigenvalue weighted by atomic mass is 10.4. The number of imidazole rings is 1. The van der Waals surface area contributed by atoms with Crippen LogP contribution in [0.2, 0.25) is 0 Å². The summed E-state index contributed by atoms with van der Waals surface area (Å²) in [7, 11) is 3.64. The minimum atomic E-state index is 0. The molecule has 0 aliphatic carbocycles. The summed E-state index contributed by atoms with van der Waals surface area (Å²) in [6.45, 7) is 1.52. The lowest BCUT2D eigenvalue weighted by Crippen LogP contribution is -2.34. The van der Waals surface area contributed by atoms with E-state index >= 15 is 0 Å². The van der Waals surface area contributed by atoms with Crippen molar-refractivity contribution in [1.82, 2.24) is 19.8 Å². The van der Waals surface area contributed by atoms with Gasteiger partial charge in [-0.25, -0.2) is 4.98 Å². The molecule has 1 aromatic rings. The normalized spacial score (nSPS) is 9.31. The number of aromatic nitrogens is 2. The summed E-state index contributed by atoms with van der Waals surface area (Å²) in [5.41, 5.74) is 13.0. The maximum atomic E-state index is 7.31. The highest BCUT2D eigenvalue weighted by Gasteiger charge is 2.07. The number of hydrogen-bond acceptors (Lipinski definition) is 5. The third kappa shape index (κ3) is 11.8. The van der Waals surface area contributed by atoms with Gasteiger partial charge < -0.3 is 26.3 Å². The highest BCUT2D eigenvalue weighted by Crippen LogP contribution is 2.18. The Hall–Kier alpha value is -0.680. The summed E-state index contributed by atoms with van der Waals surface area (Å²) < 4.78 is 0. The number of hydrogen-bond donors (Lipinski definition) is 5. The first-order valence-electron chi connectivity index (χ1n) is 7.18. The largest absolute Gasteiger partial charge is 0.370 e. The summed E-state index contributed by atoms with van der Waals surface area (Å²) in [4.78, 5) is 11.0. The van der Waals surface area contributed by atoms with Gasteiger partial charge in [-0.3, -0.25) is 10.8 Å². The molecule has 0 unspecified atom stereocenters. The molecule has 0 amide bonds. The molecule has 0 fully saturated rings. The zero-order chi connectivity index (χ0) is 17.2. The second-order valence-electron chi connectivity index (χ2n) is 5.05. The van der Waals surface area contributed by atoms with Gasteiger partial charge in [0.1, 0.15) is 0 Å². The molecule has 154 valence electrons. The van der Waals surface area contributed by atoms with E-state index in [-0.39, 0.29) is 49.1 Å². The van der Waals surface area contributed by atoms with Crippen LogP contribution in [0.1, 0.15) is 11.4 Å². The number of nitrogens with zero attached hydrogens (tertiary/aromatic N) is 3. The molecular formula is C13H29Cl3N8S2. The van der Waals surface area contributed by atoms with Crippen LogP contribution in [0.3, 0.4) is 0 Å². The Labute approximate surface area is 182 Å². The summed E-state index contributed by atoms with van der Waals surface area (Å²) >= 11 is 3.57. The number of nitrogens with two attached hydrogens (primary N) is 2. The van der Waals surface area contributed by atoms with E-state index in [0.717, 1.165) is 47.5 Å². The molecule has 1 rings (SSSR count). The fourth-order valence-electron chi connectivity index (χ4n) is 1.59. The number of rotatable bonds is 10. The monoisotopic (exact) mass is 466 g/mol. The van der Waals surface area contributed by atoms with Crippen molar-refractivity contribution in [3.63, 3.8) is 0 Å². The van der Waals surface area contributed by atoms with Crippen LogP contribution in [0.25, 0.3) is 0 Å². The van der Waals surface area contributed by atoms with E-state index in [4.69, 9.17) is 22.3 Å². The Balaban J connectivity index is -0.00000176. The Morgan fingerprint density at radius 2 is 1.46 bits per heavy atom. The maximum Gasteiger partial charge on any atom is 0.188 e. The van der Waals surface area contributed by atoms with Gasteiger partial charge in [0.2, 0.25) is 0 Å². The predicted octanol–water partition coefficient (Wildman–Crippen LogP) is 1.79. The summed E-state index contributed by atoms with van der Waals surface area (Å²) in [5.74, 6) is 3.72. The highest BCUT2D eigenvalue weighted by molar-refractivity contribution is 7.98. The van der Waals surface area contributed by atoms with Crippen molar-refractivity contribution in [2.45, 2.75) is 11.5 Å². The van der Waals surface area contributed by atoms with Gasteiger partial charge in [-0.2, -0.15) is 23.5 Å². The van der Waals surface area contributed by atoms with Gasteiger partial charge in [-0.1, -0.05) is 0 Å². The molecule has 0 saturated heterocycles. The Morgan fingerprint density at radius 3 is 1.92 bits per heavy atom. The molecule has 0 aliphatic heterocycles. The third-order valence-corrected chi connectivity index (χ3v) is 5.17. The van der Waals surface area contributed by atoms with Gasteiger partial charge in [0.05, 0.1) is 12.0 Å². The van der Waals surface area contributed by atoms with Gasteiger partial charge in [-0.05, 0) is 0 Å². The van der Waals surface area contributed by atoms with Crippen LogP contribution >= 0.6 is 60.7 Å². The van der Waals surface area contributed by atoms with Crippen LogP contribution in [0.4, 0.5) is 0 Å². The van der Waals surface area contributed by atoms with Crippen molar-refractivity contribution in [1.29, 1.82) is 10.8 Å². The summed E-state index contributed by atoms with van der Waals surface area (Å²) in [6, 6.07) is 0. The van der Waals surface area contributed by atoms with Crippen molar-refractivity contribution in [3.05, 3.63) is 17.7 Å². The first-order valence-corrected chi connectivity index (χ1v) is 9.49. The lowest BCUT2D eigenvalue weighted by molar-refractivity contribution is 0.529. The van der Waals surface area contributed by atoms with E-state index in [0.29, 0.717) is 0 Å². The van der Waals surface area contributed by atoms with Crippen LogP contribution in [0.5, 0.6) is 0 Å². The van der Waals surface area contributed by atoms with E-state index in [1.54, 1.807) is 39.7 Å². The number of halogens is 3. The van der Waals surface area contributed by atoms with Gasteiger partial charge in [0.25, 0.3) is 0 Å². The van der Waals surface area contributed by atoms with Crippen LogP contribution < -0.4 is 11.5 Å². The molecule has 0 aromatic carbocycles. The van der Waals surface area contributed by atoms with Gasteiger partial charge >= 0.3 is 0 Å². The Kier molecular flexibility index (Phi) is 19.1. The number of aromatic amines is 1. The number of guanidine groups is 2. The minimum absolute atomic E-state index is 0. The van der Waals surface area contributed by atoms with Gasteiger partial charge in [0, 0.05) is 55.9 Å². The highest BCUT2D eigenvalue weighted by atomic mass is 35.5. The number of thioether (sulfide) groups is 2. The molecule has 1 heterocycles. The average Bonchev–Trinajstić information content (AvgIpc) is 2.94. The molecule has 0 bridgehead atoms. The van der Waals surface area contributed by atoms with E-state index in [1.807, 2.05) is 14.1 Å². The van der Waals surface area contributed by atoms with Crippen LogP contribution in [0.15, 0.2) is 6.33 Å². The molecule has 0 spiro atoms. The maximum absolute atomic E-state index is 7.31. The third-order valence-electron chi connectivity index (χ3n) is 3.26. The number of nitrogens with one attached hydrogen (secondary N) is 3. The SMILES string of the molecule is CN(CCSCc1nc[nH]c1CSCCN(C)C(=N)N)C(=N)N.Cl.Cl.Cl. The summed E-state index contributed by atoms with van der Waals surface area (Å²) in [5, 5.41) is 14.6. The van der Waals surface area contributed by atoms with E-state index in [9.17, 15) is 0 Å². The van der Waals surface area contributed by atoms with E-state index in [2.05, 4.69) is 9.97 Å². The summed E-state index contributed by atoms with van der Waals surface area (Å²) in [6.07, 6.45) is 1.73. The molecule has 0 aliphatic rings. The average molecular weight is 468 g/mol. The topological polar surface area (TPSA) is 135 Å². The van der Waals surface area contributed by atoms with Crippen molar-refractivity contribution < 1.29 is 0 Å². The zero-order valence-corrected chi connectivity index (χ0v) is 18.9. The molecule has 0 saturated carbocycles. The zero-order valence-electron chi connectivity index (χ0n) is 14.9. The molecule has 0 atom stereocenters. The first kappa shape index (κ1) is 30.1. The van der Waals surface area contributed by atoms with Gasteiger partial charge in [0.15, 0.2) is 11.9 Å². The van der Waals surface area contributed by atoms with Gasteiger partial charge in [-0.15, -0.1) is 37.2 Å². The Morgan fingerprint density at radius 1 is 1.00 bits per heavy atom. The molecule has 26 heavy (non-hydrogen) atoms. The second-order valence-corrected chi connectivity index (χ2v) is 7.26. The first-order chi connectivity index (χ1) is 10.9. The number of H-pyrrole nitrogens is 1. The molecule has 7 N–H and O–H groups in total. The standard InChI is InChI=1S/C13H26N8S2.3ClH/c1-20(12(14)15)3-5-22-7-10-11(19-9-18-10)8-23-6-4-21(2)13(16)17;;;/h9H,3-8H2,1-2H3,(H3,14,15)(H3,16,17)(H,18,19);3*1H. The second kappa shape index (κ2) is 16.5. The fourth-order valence-corrected chi connectivity index (χ4v) is 3.58. The Bertz CT molecular complexity index is 475. The lowest BCUT2D eigenvalue weighted by Gasteiger charge is -2.16. The van der Waals surface area contributed by atoms with Crippen molar-refractivity contribution in [3.8, 4) is 0 Å². The van der Waals surface area contributed by atoms with E-state index < -0.39 is 0 Å². The fraction of sp³-hybridized carbons (Fsp3) is 0.615. The predicted molar refractivity (Wildman–Crippen MR) is 122 cm³/mol. The molecule has 8 nitrogen and oxygen atoms in total. The van der Waals surface area contributed by atoms with Crippen molar-refractivity contribution in [2.24, 2.45) is 11.5 Å².